The monoisotopic (exact) mass is 357 g/mol. The highest BCUT2D eigenvalue weighted by atomic mass is 19.2. The molecule has 0 bridgehead atoms. The van der Waals surface area contributed by atoms with E-state index in [4.69, 9.17) is 0 Å². The zero-order chi connectivity index (χ0) is 19.3. The standard InChI is InChI=1S/C21H25F2N3/c1-14-9-10-16(17-7-6-8-19(22)20(17)23)13-18(14)21(24-3)15(2)25-11-12-26(4)5/h6-10,13,25H,2,11-12H2,1,3-5H3. The predicted molar refractivity (Wildman–Crippen MR) is 105 cm³/mol. The third-order valence-electron chi connectivity index (χ3n) is 4.16. The fourth-order valence-corrected chi connectivity index (χ4v) is 2.70. The highest BCUT2D eigenvalue weighted by Crippen LogP contribution is 2.27. The van der Waals surface area contributed by atoms with Crippen LogP contribution in [0.15, 0.2) is 53.7 Å². The van der Waals surface area contributed by atoms with Crippen molar-refractivity contribution in [3.8, 4) is 11.1 Å². The molecular formula is C21H25F2N3. The van der Waals surface area contributed by atoms with Crippen molar-refractivity contribution in [1.82, 2.24) is 10.2 Å². The van der Waals surface area contributed by atoms with Gasteiger partial charge in [0.2, 0.25) is 0 Å². The van der Waals surface area contributed by atoms with E-state index in [0.717, 1.165) is 30.3 Å². The summed E-state index contributed by atoms with van der Waals surface area (Å²) >= 11 is 0. The van der Waals surface area contributed by atoms with Gasteiger partial charge in [0.05, 0.1) is 11.4 Å². The zero-order valence-electron chi connectivity index (χ0n) is 15.7. The number of hydrogen-bond acceptors (Lipinski definition) is 3. The first-order chi connectivity index (χ1) is 12.3. The maximum Gasteiger partial charge on any atom is 0.166 e. The fourth-order valence-electron chi connectivity index (χ4n) is 2.70. The number of nitrogens with one attached hydrogen (secondary N) is 1. The minimum absolute atomic E-state index is 0.230. The van der Waals surface area contributed by atoms with Crippen LogP contribution < -0.4 is 5.32 Å². The molecule has 1 N–H and O–H groups in total. The van der Waals surface area contributed by atoms with Crippen LogP contribution in [-0.4, -0.2) is 44.8 Å². The molecule has 0 unspecified atom stereocenters. The molecule has 5 heteroatoms. The van der Waals surface area contributed by atoms with Crippen molar-refractivity contribution >= 4 is 5.71 Å². The number of aryl methyl sites for hydroxylation is 1. The summed E-state index contributed by atoms with van der Waals surface area (Å²) in [5.41, 5.74) is 4.07. The van der Waals surface area contributed by atoms with Crippen LogP contribution in [0.25, 0.3) is 11.1 Å². The fraction of sp³-hybridized carbons (Fsp3) is 0.286. The molecule has 0 aliphatic carbocycles. The van der Waals surface area contributed by atoms with Gasteiger partial charge in [0.25, 0.3) is 0 Å². The van der Waals surface area contributed by atoms with Gasteiger partial charge in [-0.2, -0.15) is 0 Å². The molecule has 0 heterocycles. The number of hydrogen-bond donors (Lipinski definition) is 1. The summed E-state index contributed by atoms with van der Waals surface area (Å²) < 4.78 is 27.7. The van der Waals surface area contributed by atoms with E-state index in [1.165, 1.54) is 6.07 Å². The van der Waals surface area contributed by atoms with E-state index in [1.54, 1.807) is 19.2 Å². The number of benzene rings is 2. The SMILES string of the molecule is C=C(NCCN(C)C)C(=NC)c1cc(-c2cccc(F)c2F)ccc1C. The van der Waals surface area contributed by atoms with Crippen LogP contribution in [0.1, 0.15) is 11.1 Å². The highest BCUT2D eigenvalue weighted by molar-refractivity contribution is 6.13. The summed E-state index contributed by atoms with van der Waals surface area (Å²) in [6.07, 6.45) is 0. The normalized spacial score (nSPS) is 11.7. The van der Waals surface area contributed by atoms with Crippen LogP contribution in [0.3, 0.4) is 0 Å². The molecule has 0 saturated carbocycles. The third-order valence-corrected chi connectivity index (χ3v) is 4.16. The number of aliphatic imine (C=N–C) groups is 1. The maximum absolute atomic E-state index is 14.2. The van der Waals surface area contributed by atoms with Crippen molar-refractivity contribution in [2.45, 2.75) is 6.92 Å². The number of rotatable bonds is 7. The molecule has 0 saturated heterocycles. The Morgan fingerprint density at radius 2 is 1.92 bits per heavy atom. The summed E-state index contributed by atoms with van der Waals surface area (Å²) in [6, 6.07) is 9.68. The van der Waals surface area contributed by atoms with Crippen LogP contribution in [0.5, 0.6) is 0 Å². The summed E-state index contributed by atoms with van der Waals surface area (Å²) in [7, 11) is 5.70. The van der Waals surface area contributed by atoms with E-state index in [0.29, 0.717) is 17.0 Å². The molecule has 26 heavy (non-hydrogen) atoms. The molecule has 0 aliphatic rings. The van der Waals surface area contributed by atoms with Crippen molar-refractivity contribution in [2.75, 3.05) is 34.2 Å². The first kappa shape index (κ1) is 19.8. The smallest absolute Gasteiger partial charge is 0.166 e. The Hall–Kier alpha value is -2.53. The molecule has 0 spiro atoms. The lowest BCUT2D eigenvalue weighted by molar-refractivity contribution is 0.409. The minimum atomic E-state index is -0.858. The highest BCUT2D eigenvalue weighted by Gasteiger charge is 2.15. The Morgan fingerprint density at radius 3 is 2.58 bits per heavy atom. The van der Waals surface area contributed by atoms with E-state index >= 15 is 0 Å². The maximum atomic E-state index is 14.2. The molecule has 2 rings (SSSR count). The summed E-state index contributed by atoms with van der Waals surface area (Å²) in [5, 5.41) is 3.27. The second kappa shape index (κ2) is 8.72. The summed E-state index contributed by atoms with van der Waals surface area (Å²) in [4.78, 5) is 6.44. The zero-order valence-corrected chi connectivity index (χ0v) is 15.7. The van der Waals surface area contributed by atoms with Crippen molar-refractivity contribution in [3.05, 3.63) is 71.4 Å². The van der Waals surface area contributed by atoms with Gasteiger partial charge in [0, 0.05) is 31.3 Å². The van der Waals surface area contributed by atoms with Crippen LogP contribution >= 0.6 is 0 Å². The van der Waals surface area contributed by atoms with Crippen molar-refractivity contribution in [1.29, 1.82) is 0 Å². The Kier molecular flexibility index (Phi) is 6.64. The Balaban J connectivity index is 2.36. The van der Waals surface area contributed by atoms with E-state index in [9.17, 15) is 8.78 Å². The lowest BCUT2D eigenvalue weighted by Crippen LogP contribution is -2.29. The Labute approximate surface area is 154 Å². The van der Waals surface area contributed by atoms with Gasteiger partial charge in [-0.25, -0.2) is 8.78 Å². The molecule has 0 aliphatic heterocycles. The van der Waals surface area contributed by atoms with Gasteiger partial charge in [-0.1, -0.05) is 30.8 Å². The second-order valence-electron chi connectivity index (χ2n) is 6.41. The van der Waals surface area contributed by atoms with E-state index in [1.807, 2.05) is 33.2 Å². The van der Waals surface area contributed by atoms with Crippen LogP contribution in [0.4, 0.5) is 8.78 Å². The van der Waals surface area contributed by atoms with Gasteiger partial charge < -0.3 is 10.2 Å². The average Bonchev–Trinajstić information content (AvgIpc) is 2.59. The predicted octanol–water partition coefficient (Wildman–Crippen LogP) is 4.02. The van der Waals surface area contributed by atoms with Gasteiger partial charge in [-0.3, -0.25) is 4.99 Å². The first-order valence-corrected chi connectivity index (χ1v) is 8.45. The van der Waals surface area contributed by atoms with E-state index in [2.05, 4.69) is 21.8 Å². The molecule has 0 radical (unpaired) electrons. The van der Waals surface area contributed by atoms with Gasteiger partial charge in [-0.15, -0.1) is 0 Å². The van der Waals surface area contributed by atoms with E-state index < -0.39 is 11.6 Å². The second-order valence-corrected chi connectivity index (χ2v) is 6.41. The number of allylic oxidation sites excluding steroid dienone is 1. The minimum Gasteiger partial charge on any atom is -0.382 e. The van der Waals surface area contributed by atoms with Gasteiger partial charge in [0.1, 0.15) is 0 Å². The lowest BCUT2D eigenvalue weighted by atomic mass is 9.95. The Bertz CT molecular complexity index is 826. The lowest BCUT2D eigenvalue weighted by Gasteiger charge is -2.17. The molecule has 2 aromatic carbocycles. The average molecular weight is 357 g/mol. The number of nitrogens with zero attached hydrogens (tertiary/aromatic N) is 2. The topological polar surface area (TPSA) is 27.6 Å². The van der Waals surface area contributed by atoms with Crippen LogP contribution in [0, 0.1) is 18.6 Å². The largest absolute Gasteiger partial charge is 0.382 e. The van der Waals surface area contributed by atoms with Crippen molar-refractivity contribution in [3.63, 3.8) is 0 Å². The Morgan fingerprint density at radius 1 is 1.19 bits per heavy atom. The molecule has 2 aromatic rings. The number of halogens is 2. The number of likely N-dealkylation sites (N-methyl/N-ethyl adjacent to an activating group) is 1. The first-order valence-electron chi connectivity index (χ1n) is 8.45. The van der Waals surface area contributed by atoms with Crippen LogP contribution in [0.2, 0.25) is 0 Å². The van der Waals surface area contributed by atoms with Crippen molar-refractivity contribution in [2.24, 2.45) is 4.99 Å². The molecule has 3 nitrogen and oxygen atoms in total. The van der Waals surface area contributed by atoms with E-state index in [-0.39, 0.29) is 5.56 Å². The quantitative estimate of drug-likeness (QED) is 0.758. The molecule has 0 amide bonds. The van der Waals surface area contributed by atoms with Crippen LogP contribution in [-0.2, 0) is 0 Å². The van der Waals surface area contributed by atoms with Gasteiger partial charge >= 0.3 is 0 Å². The molecule has 138 valence electrons. The molecular weight excluding hydrogens is 332 g/mol. The molecule has 0 aromatic heterocycles. The van der Waals surface area contributed by atoms with Gasteiger partial charge in [0.15, 0.2) is 11.6 Å². The molecule has 0 fully saturated rings. The summed E-state index contributed by atoms with van der Waals surface area (Å²) in [6.45, 7) is 7.64. The summed E-state index contributed by atoms with van der Waals surface area (Å²) in [5.74, 6) is -1.70. The van der Waals surface area contributed by atoms with Gasteiger partial charge in [-0.05, 0) is 44.3 Å². The van der Waals surface area contributed by atoms with Crippen molar-refractivity contribution < 1.29 is 8.78 Å². The molecule has 0 atom stereocenters. The third kappa shape index (κ3) is 4.55.